The van der Waals surface area contributed by atoms with Crippen molar-refractivity contribution in [2.45, 2.75) is 0 Å². The molecule has 31 heavy (non-hydrogen) atoms. The standard InChI is InChI=1S/C21H23N7O3/c1-30-18-7-5-16(6-8-18)23-19-24-20(26-21(25-19)28-9-11-31-12-10-28)27-22-14-15-3-2-4-17(29)13-15/h2-8,13-14,29H,9-12H2,1H3,(H2,23,24,25,26,27)/b22-14-. The summed E-state index contributed by atoms with van der Waals surface area (Å²) in [7, 11) is 1.62. The van der Waals surface area contributed by atoms with Crippen molar-refractivity contribution in [1.82, 2.24) is 15.0 Å². The van der Waals surface area contributed by atoms with Gasteiger partial charge in [0, 0.05) is 18.8 Å². The molecule has 1 aromatic heterocycles. The van der Waals surface area contributed by atoms with Crippen molar-refractivity contribution in [2.24, 2.45) is 5.10 Å². The Bertz CT molecular complexity index is 1040. The number of ether oxygens (including phenoxy) is 2. The third-order valence-electron chi connectivity index (χ3n) is 4.51. The molecule has 0 saturated carbocycles. The lowest BCUT2D eigenvalue weighted by Crippen LogP contribution is -2.37. The number of methoxy groups -OCH3 is 1. The van der Waals surface area contributed by atoms with E-state index >= 15 is 0 Å². The second kappa shape index (κ2) is 9.72. The maximum absolute atomic E-state index is 9.57. The number of benzene rings is 2. The Morgan fingerprint density at radius 3 is 2.58 bits per heavy atom. The van der Waals surface area contributed by atoms with Gasteiger partial charge in [0.2, 0.25) is 17.8 Å². The van der Waals surface area contributed by atoms with Crippen LogP contribution >= 0.6 is 0 Å². The summed E-state index contributed by atoms with van der Waals surface area (Å²) in [6, 6.07) is 14.2. The number of hydrogen-bond donors (Lipinski definition) is 3. The molecule has 3 aromatic rings. The van der Waals surface area contributed by atoms with E-state index in [1.807, 2.05) is 35.2 Å². The van der Waals surface area contributed by atoms with Crippen LogP contribution in [0, 0.1) is 0 Å². The molecular weight excluding hydrogens is 398 g/mol. The molecule has 10 heteroatoms. The SMILES string of the molecule is COc1ccc(Nc2nc(N/N=C\c3cccc(O)c3)nc(N3CCOCC3)n2)cc1. The Morgan fingerprint density at radius 2 is 1.84 bits per heavy atom. The average Bonchev–Trinajstić information content (AvgIpc) is 2.80. The summed E-state index contributed by atoms with van der Waals surface area (Å²) in [6.07, 6.45) is 1.58. The van der Waals surface area contributed by atoms with Gasteiger partial charge in [-0.05, 0) is 42.0 Å². The van der Waals surface area contributed by atoms with Gasteiger partial charge in [0.25, 0.3) is 0 Å². The van der Waals surface area contributed by atoms with Crippen LogP contribution < -0.4 is 20.4 Å². The zero-order valence-electron chi connectivity index (χ0n) is 17.0. The molecule has 0 bridgehead atoms. The normalized spacial score (nSPS) is 13.9. The monoisotopic (exact) mass is 421 g/mol. The number of hydrazone groups is 1. The Kier molecular flexibility index (Phi) is 6.38. The van der Waals surface area contributed by atoms with Crippen LogP contribution in [0.4, 0.5) is 23.5 Å². The number of phenolic OH excluding ortho intramolecular Hbond substituents is 1. The minimum absolute atomic E-state index is 0.171. The molecule has 1 saturated heterocycles. The van der Waals surface area contributed by atoms with E-state index in [-0.39, 0.29) is 5.75 Å². The average molecular weight is 421 g/mol. The van der Waals surface area contributed by atoms with Crippen LogP contribution in [0.3, 0.4) is 0 Å². The highest BCUT2D eigenvalue weighted by molar-refractivity contribution is 5.80. The quantitative estimate of drug-likeness (QED) is 0.391. The number of nitrogens with zero attached hydrogens (tertiary/aromatic N) is 5. The molecule has 0 amide bonds. The van der Waals surface area contributed by atoms with Gasteiger partial charge in [-0.1, -0.05) is 12.1 Å². The van der Waals surface area contributed by atoms with E-state index in [9.17, 15) is 5.11 Å². The maximum Gasteiger partial charge on any atom is 0.250 e. The van der Waals surface area contributed by atoms with E-state index < -0.39 is 0 Å². The molecule has 2 aromatic carbocycles. The molecule has 2 heterocycles. The van der Waals surface area contributed by atoms with Crippen molar-refractivity contribution in [3.63, 3.8) is 0 Å². The fourth-order valence-corrected chi connectivity index (χ4v) is 2.95. The number of rotatable bonds is 7. The maximum atomic E-state index is 9.57. The molecule has 3 N–H and O–H groups in total. The van der Waals surface area contributed by atoms with Crippen LogP contribution in [-0.4, -0.2) is 59.7 Å². The number of morpholine rings is 1. The van der Waals surface area contributed by atoms with E-state index in [2.05, 4.69) is 30.8 Å². The lowest BCUT2D eigenvalue weighted by atomic mass is 10.2. The number of aromatic nitrogens is 3. The minimum Gasteiger partial charge on any atom is -0.508 e. The topological polar surface area (TPSA) is 117 Å². The van der Waals surface area contributed by atoms with Crippen LogP contribution in [0.25, 0.3) is 0 Å². The summed E-state index contributed by atoms with van der Waals surface area (Å²) in [6.45, 7) is 2.62. The van der Waals surface area contributed by atoms with E-state index in [4.69, 9.17) is 9.47 Å². The largest absolute Gasteiger partial charge is 0.508 e. The summed E-state index contributed by atoms with van der Waals surface area (Å²) in [5, 5.41) is 16.9. The van der Waals surface area contributed by atoms with Crippen molar-refractivity contribution < 1.29 is 14.6 Å². The lowest BCUT2D eigenvalue weighted by molar-refractivity contribution is 0.122. The third-order valence-corrected chi connectivity index (χ3v) is 4.51. The van der Waals surface area contributed by atoms with Gasteiger partial charge in [-0.2, -0.15) is 20.1 Å². The van der Waals surface area contributed by atoms with E-state index in [1.165, 1.54) is 0 Å². The number of hydrogen-bond acceptors (Lipinski definition) is 10. The van der Waals surface area contributed by atoms with Crippen LogP contribution in [0.1, 0.15) is 5.56 Å². The first-order valence-electron chi connectivity index (χ1n) is 9.77. The second-order valence-electron chi connectivity index (χ2n) is 6.70. The molecule has 1 aliphatic rings. The highest BCUT2D eigenvalue weighted by Gasteiger charge is 2.16. The highest BCUT2D eigenvalue weighted by atomic mass is 16.5. The molecule has 0 spiro atoms. The molecule has 0 aliphatic carbocycles. The predicted octanol–water partition coefficient (Wildman–Crippen LogP) is 2.61. The van der Waals surface area contributed by atoms with Crippen LogP contribution in [-0.2, 0) is 4.74 Å². The van der Waals surface area contributed by atoms with Crippen molar-refractivity contribution in [3.8, 4) is 11.5 Å². The van der Waals surface area contributed by atoms with Crippen molar-refractivity contribution in [1.29, 1.82) is 0 Å². The summed E-state index contributed by atoms with van der Waals surface area (Å²) >= 11 is 0. The van der Waals surface area contributed by atoms with E-state index in [0.717, 1.165) is 17.0 Å². The van der Waals surface area contributed by atoms with Gasteiger partial charge < -0.3 is 24.8 Å². The summed E-state index contributed by atoms with van der Waals surface area (Å²) in [5.41, 5.74) is 4.40. The number of anilines is 4. The first-order chi connectivity index (χ1) is 15.2. The Labute approximate surface area is 179 Å². The molecule has 160 valence electrons. The smallest absolute Gasteiger partial charge is 0.250 e. The molecule has 10 nitrogen and oxygen atoms in total. The van der Waals surface area contributed by atoms with Gasteiger partial charge in [0.15, 0.2) is 0 Å². The van der Waals surface area contributed by atoms with Crippen molar-refractivity contribution in [3.05, 3.63) is 54.1 Å². The van der Waals surface area contributed by atoms with Gasteiger partial charge in [-0.3, -0.25) is 0 Å². The molecule has 1 fully saturated rings. The molecular formula is C21H23N7O3. The molecule has 0 radical (unpaired) electrons. The Hall–Kier alpha value is -3.92. The summed E-state index contributed by atoms with van der Waals surface area (Å²) in [4.78, 5) is 15.5. The van der Waals surface area contributed by atoms with Gasteiger partial charge in [-0.15, -0.1) is 0 Å². The van der Waals surface area contributed by atoms with Crippen molar-refractivity contribution in [2.75, 3.05) is 49.1 Å². The van der Waals surface area contributed by atoms with Crippen LogP contribution in [0.2, 0.25) is 0 Å². The van der Waals surface area contributed by atoms with E-state index in [1.54, 1.807) is 31.5 Å². The third kappa shape index (κ3) is 5.58. The van der Waals surface area contributed by atoms with Gasteiger partial charge in [0.1, 0.15) is 11.5 Å². The summed E-state index contributed by atoms with van der Waals surface area (Å²) in [5.74, 6) is 2.15. The van der Waals surface area contributed by atoms with Crippen LogP contribution in [0.15, 0.2) is 53.6 Å². The van der Waals surface area contributed by atoms with Gasteiger partial charge in [0.05, 0.1) is 26.5 Å². The number of phenols is 1. The summed E-state index contributed by atoms with van der Waals surface area (Å²) < 4.78 is 10.6. The van der Waals surface area contributed by atoms with Crippen molar-refractivity contribution >= 4 is 29.7 Å². The van der Waals surface area contributed by atoms with Gasteiger partial charge in [-0.25, -0.2) is 5.43 Å². The first kappa shape index (κ1) is 20.4. The van der Waals surface area contributed by atoms with Crippen LogP contribution in [0.5, 0.6) is 11.5 Å². The molecule has 0 atom stereocenters. The first-order valence-corrected chi connectivity index (χ1v) is 9.77. The second-order valence-corrected chi connectivity index (χ2v) is 6.70. The molecule has 1 aliphatic heterocycles. The van der Waals surface area contributed by atoms with E-state index in [0.29, 0.717) is 44.1 Å². The zero-order chi connectivity index (χ0) is 21.5. The predicted molar refractivity (Wildman–Crippen MR) is 118 cm³/mol. The zero-order valence-corrected chi connectivity index (χ0v) is 17.0. The Balaban J connectivity index is 1.56. The highest BCUT2D eigenvalue weighted by Crippen LogP contribution is 2.21. The molecule has 4 rings (SSSR count). The number of nitrogens with one attached hydrogen (secondary N) is 2. The number of aromatic hydroxyl groups is 1. The molecule has 0 unspecified atom stereocenters. The fourth-order valence-electron chi connectivity index (χ4n) is 2.95. The van der Waals surface area contributed by atoms with Gasteiger partial charge >= 0.3 is 0 Å². The minimum atomic E-state index is 0.171. The lowest BCUT2D eigenvalue weighted by Gasteiger charge is -2.27. The Morgan fingerprint density at radius 1 is 1.06 bits per heavy atom. The fraction of sp³-hybridized carbons (Fsp3) is 0.238.